The zero-order valence-corrected chi connectivity index (χ0v) is 14.9. The minimum Gasteiger partial charge on any atom is -0.484 e. The van der Waals surface area contributed by atoms with Crippen molar-refractivity contribution in [3.63, 3.8) is 0 Å². The highest BCUT2D eigenvalue weighted by Gasteiger charge is 2.24. The Bertz CT molecular complexity index is 713. The van der Waals surface area contributed by atoms with Gasteiger partial charge in [0.1, 0.15) is 11.9 Å². The van der Waals surface area contributed by atoms with Gasteiger partial charge in [-0.3, -0.25) is 4.79 Å². The molecule has 0 unspecified atom stereocenters. The van der Waals surface area contributed by atoms with Crippen LogP contribution < -0.4 is 9.47 Å². The molecule has 0 aliphatic carbocycles. The maximum Gasteiger partial charge on any atom is 0.260 e. The van der Waals surface area contributed by atoms with Crippen molar-refractivity contribution in [1.82, 2.24) is 9.88 Å². The first kappa shape index (κ1) is 17.5. The van der Waals surface area contributed by atoms with Gasteiger partial charge in [0.2, 0.25) is 5.88 Å². The lowest BCUT2D eigenvalue weighted by molar-refractivity contribution is -0.135. The molecule has 1 fully saturated rings. The fourth-order valence-corrected chi connectivity index (χ4v) is 2.87. The summed E-state index contributed by atoms with van der Waals surface area (Å²) in [5.74, 6) is 1.28. The molecular formula is C19H21ClN2O3. The number of likely N-dealkylation sites (tertiary alicyclic amines) is 1. The molecule has 1 amide bonds. The molecule has 132 valence electrons. The van der Waals surface area contributed by atoms with Crippen LogP contribution in [0.1, 0.15) is 18.5 Å². The van der Waals surface area contributed by atoms with E-state index in [1.807, 2.05) is 30.0 Å². The lowest BCUT2D eigenvalue weighted by atomic mass is 10.1. The maximum atomic E-state index is 12.3. The molecule has 5 nitrogen and oxygen atoms in total. The lowest BCUT2D eigenvalue weighted by Gasteiger charge is -2.31. The summed E-state index contributed by atoms with van der Waals surface area (Å²) in [5, 5.41) is 0.642. The quantitative estimate of drug-likeness (QED) is 0.819. The topological polar surface area (TPSA) is 51.7 Å². The normalized spacial score (nSPS) is 15.0. The van der Waals surface area contributed by atoms with E-state index in [0.717, 1.165) is 18.5 Å². The summed E-state index contributed by atoms with van der Waals surface area (Å²) in [6.07, 6.45) is 1.68. The molecule has 0 atom stereocenters. The largest absolute Gasteiger partial charge is 0.484 e. The molecule has 0 radical (unpaired) electrons. The van der Waals surface area contributed by atoms with E-state index >= 15 is 0 Å². The number of pyridine rings is 1. The standard InChI is InChI=1S/C19H21ClN2O3/c1-14-3-2-4-18(21-14)25-17-9-11-22(12-10-17)19(23)13-24-16-7-5-15(20)6-8-16/h2-8,17H,9-13H2,1H3. The molecular weight excluding hydrogens is 340 g/mol. The van der Waals surface area contributed by atoms with Crippen molar-refractivity contribution in [3.05, 3.63) is 53.2 Å². The van der Waals surface area contributed by atoms with Crippen LogP contribution in [0.4, 0.5) is 0 Å². The molecule has 1 saturated heterocycles. The number of aromatic nitrogens is 1. The van der Waals surface area contributed by atoms with Crippen LogP contribution in [0.25, 0.3) is 0 Å². The Morgan fingerprint density at radius 1 is 1.20 bits per heavy atom. The van der Waals surface area contributed by atoms with Crippen LogP contribution in [0.2, 0.25) is 5.02 Å². The predicted octanol–water partition coefficient (Wildman–Crippen LogP) is 3.49. The van der Waals surface area contributed by atoms with Gasteiger partial charge in [-0.25, -0.2) is 4.98 Å². The van der Waals surface area contributed by atoms with Crippen molar-refractivity contribution in [2.24, 2.45) is 0 Å². The van der Waals surface area contributed by atoms with Gasteiger partial charge in [-0.15, -0.1) is 0 Å². The van der Waals surface area contributed by atoms with Gasteiger partial charge in [-0.2, -0.15) is 0 Å². The van der Waals surface area contributed by atoms with Crippen LogP contribution in [0.5, 0.6) is 11.6 Å². The summed E-state index contributed by atoms with van der Waals surface area (Å²) in [6, 6.07) is 12.7. The number of hydrogen-bond donors (Lipinski definition) is 0. The Kier molecular flexibility index (Phi) is 5.76. The first-order chi connectivity index (χ1) is 12.1. The molecule has 6 heteroatoms. The number of carbonyl (C=O) groups excluding carboxylic acids is 1. The Labute approximate surface area is 152 Å². The monoisotopic (exact) mass is 360 g/mol. The molecule has 25 heavy (non-hydrogen) atoms. The fourth-order valence-electron chi connectivity index (χ4n) is 2.74. The Morgan fingerprint density at radius 3 is 2.60 bits per heavy atom. The third-order valence-electron chi connectivity index (χ3n) is 4.12. The smallest absolute Gasteiger partial charge is 0.260 e. The van der Waals surface area contributed by atoms with Gasteiger partial charge in [-0.05, 0) is 37.3 Å². The van der Waals surface area contributed by atoms with Crippen molar-refractivity contribution in [3.8, 4) is 11.6 Å². The molecule has 0 bridgehead atoms. The number of halogens is 1. The summed E-state index contributed by atoms with van der Waals surface area (Å²) in [7, 11) is 0. The van der Waals surface area contributed by atoms with E-state index < -0.39 is 0 Å². The van der Waals surface area contributed by atoms with Crippen molar-refractivity contribution < 1.29 is 14.3 Å². The first-order valence-corrected chi connectivity index (χ1v) is 8.74. The number of ether oxygens (including phenoxy) is 2. The first-order valence-electron chi connectivity index (χ1n) is 8.36. The SMILES string of the molecule is Cc1cccc(OC2CCN(C(=O)COc3ccc(Cl)cc3)CC2)n1. The summed E-state index contributed by atoms with van der Waals surface area (Å²) in [6.45, 7) is 3.31. The third-order valence-corrected chi connectivity index (χ3v) is 4.37. The number of aryl methyl sites for hydroxylation is 1. The van der Waals surface area contributed by atoms with Crippen LogP contribution in [-0.4, -0.2) is 41.6 Å². The lowest BCUT2D eigenvalue weighted by Crippen LogP contribution is -2.43. The third kappa shape index (κ3) is 5.10. The van der Waals surface area contributed by atoms with E-state index in [9.17, 15) is 4.79 Å². The van der Waals surface area contributed by atoms with Crippen molar-refractivity contribution in [2.75, 3.05) is 19.7 Å². The number of amides is 1. The molecule has 0 spiro atoms. The summed E-state index contributed by atoms with van der Waals surface area (Å²) in [5.41, 5.74) is 0.935. The van der Waals surface area contributed by atoms with Crippen molar-refractivity contribution in [1.29, 1.82) is 0 Å². The van der Waals surface area contributed by atoms with E-state index in [4.69, 9.17) is 21.1 Å². The fraction of sp³-hybridized carbons (Fsp3) is 0.368. The van der Waals surface area contributed by atoms with Gasteiger partial charge in [-0.1, -0.05) is 17.7 Å². The number of piperidine rings is 1. The number of carbonyl (C=O) groups is 1. The minimum absolute atomic E-state index is 0.0120. The minimum atomic E-state index is -0.0120. The molecule has 0 saturated carbocycles. The van der Waals surface area contributed by atoms with Crippen LogP contribution in [0.15, 0.2) is 42.5 Å². The molecule has 3 rings (SSSR count). The Hall–Kier alpha value is -2.27. The maximum absolute atomic E-state index is 12.3. The van der Waals surface area contributed by atoms with Crippen LogP contribution in [-0.2, 0) is 4.79 Å². The van der Waals surface area contributed by atoms with E-state index in [0.29, 0.717) is 29.7 Å². The molecule has 1 aliphatic rings. The highest BCUT2D eigenvalue weighted by Crippen LogP contribution is 2.19. The molecule has 0 N–H and O–H groups in total. The molecule has 1 aromatic heterocycles. The summed E-state index contributed by atoms with van der Waals surface area (Å²) < 4.78 is 11.4. The second-order valence-electron chi connectivity index (χ2n) is 6.06. The van der Waals surface area contributed by atoms with E-state index in [2.05, 4.69) is 4.98 Å². The highest BCUT2D eigenvalue weighted by molar-refractivity contribution is 6.30. The highest BCUT2D eigenvalue weighted by atomic mass is 35.5. The van der Waals surface area contributed by atoms with E-state index in [1.165, 1.54) is 0 Å². The second-order valence-corrected chi connectivity index (χ2v) is 6.49. The van der Waals surface area contributed by atoms with Gasteiger partial charge in [0.15, 0.2) is 6.61 Å². The average Bonchev–Trinajstić information content (AvgIpc) is 2.62. The Balaban J connectivity index is 1.43. The van der Waals surface area contributed by atoms with Crippen LogP contribution >= 0.6 is 11.6 Å². The molecule has 1 aromatic carbocycles. The predicted molar refractivity (Wildman–Crippen MR) is 96.2 cm³/mol. The van der Waals surface area contributed by atoms with E-state index in [-0.39, 0.29) is 18.6 Å². The van der Waals surface area contributed by atoms with Gasteiger partial charge >= 0.3 is 0 Å². The van der Waals surface area contributed by atoms with E-state index in [1.54, 1.807) is 24.3 Å². The molecule has 2 aromatic rings. The van der Waals surface area contributed by atoms with Gasteiger partial charge in [0.25, 0.3) is 5.91 Å². The van der Waals surface area contributed by atoms with Crippen LogP contribution in [0.3, 0.4) is 0 Å². The Morgan fingerprint density at radius 2 is 1.92 bits per heavy atom. The zero-order chi connectivity index (χ0) is 17.6. The summed E-state index contributed by atoms with van der Waals surface area (Å²) in [4.78, 5) is 18.4. The van der Waals surface area contributed by atoms with Gasteiger partial charge < -0.3 is 14.4 Å². The number of nitrogens with zero attached hydrogens (tertiary/aromatic N) is 2. The van der Waals surface area contributed by atoms with Gasteiger partial charge in [0.05, 0.1) is 0 Å². The van der Waals surface area contributed by atoms with Gasteiger partial charge in [0, 0.05) is 42.7 Å². The average molecular weight is 361 g/mol. The molecule has 2 heterocycles. The van der Waals surface area contributed by atoms with Crippen LogP contribution in [0, 0.1) is 6.92 Å². The molecule has 1 aliphatic heterocycles. The number of hydrogen-bond acceptors (Lipinski definition) is 4. The van der Waals surface area contributed by atoms with Crippen molar-refractivity contribution >= 4 is 17.5 Å². The zero-order valence-electron chi connectivity index (χ0n) is 14.2. The number of rotatable bonds is 5. The van der Waals surface area contributed by atoms with Crippen molar-refractivity contribution in [2.45, 2.75) is 25.9 Å². The number of benzene rings is 1. The summed E-state index contributed by atoms with van der Waals surface area (Å²) >= 11 is 5.83. The second kappa shape index (κ2) is 8.21.